The molecular formula is C16H13NO. The predicted molar refractivity (Wildman–Crippen MR) is 74.3 cm³/mol. The molecule has 18 heavy (non-hydrogen) atoms. The van der Waals surface area contributed by atoms with Gasteiger partial charge in [-0.1, -0.05) is 30.9 Å². The zero-order valence-electron chi connectivity index (χ0n) is 10.2. The first-order valence-corrected chi connectivity index (χ1v) is 5.86. The van der Waals surface area contributed by atoms with Crippen molar-refractivity contribution in [1.82, 2.24) is 4.98 Å². The number of hydrogen-bond acceptors (Lipinski definition) is 2. The number of fused-ring (bicyclic) bond motifs is 1. The normalized spacial score (nSPS) is 10.7. The van der Waals surface area contributed by atoms with Crippen LogP contribution >= 0.6 is 0 Å². The van der Waals surface area contributed by atoms with Crippen molar-refractivity contribution in [3.63, 3.8) is 0 Å². The highest BCUT2D eigenvalue weighted by Gasteiger charge is 2.08. The van der Waals surface area contributed by atoms with E-state index in [2.05, 4.69) is 11.6 Å². The Bertz CT molecular complexity index is 725. The minimum atomic E-state index is 0.652. The molecule has 0 saturated carbocycles. The summed E-state index contributed by atoms with van der Waals surface area (Å²) in [4.78, 5) is 4.52. The summed E-state index contributed by atoms with van der Waals surface area (Å²) < 4.78 is 5.76. The van der Waals surface area contributed by atoms with E-state index < -0.39 is 0 Å². The van der Waals surface area contributed by atoms with E-state index >= 15 is 0 Å². The number of aromatic nitrogens is 1. The Morgan fingerprint density at radius 1 is 1.17 bits per heavy atom. The van der Waals surface area contributed by atoms with Gasteiger partial charge < -0.3 is 4.42 Å². The van der Waals surface area contributed by atoms with Crippen molar-refractivity contribution < 1.29 is 4.42 Å². The maximum Gasteiger partial charge on any atom is 0.227 e. The van der Waals surface area contributed by atoms with Crippen molar-refractivity contribution in [1.29, 1.82) is 0 Å². The topological polar surface area (TPSA) is 26.0 Å². The molecular weight excluding hydrogens is 222 g/mol. The van der Waals surface area contributed by atoms with Gasteiger partial charge in [0, 0.05) is 5.56 Å². The Balaban J connectivity index is 2.15. The fourth-order valence-corrected chi connectivity index (χ4v) is 1.96. The van der Waals surface area contributed by atoms with E-state index in [1.54, 1.807) is 0 Å². The number of benzene rings is 2. The molecule has 3 rings (SSSR count). The molecule has 3 aromatic rings. The van der Waals surface area contributed by atoms with Crippen LogP contribution < -0.4 is 0 Å². The van der Waals surface area contributed by atoms with Crippen LogP contribution in [0.4, 0.5) is 0 Å². The first-order chi connectivity index (χ1) is 8.76. The van der Waals surface area contributed by atoms with E-state index in [0.29, 0.717) is 5.89 Å². The molecule has 88 valence electrons. The van der Waals surface area contributed by atoms with Crippen molar-refractivity contribution in [2.24, 2.45) is 0 Å². The second-order valence-corrected chi connectivity index (χ2v) is 4.32. The van der Waals surface area contributed by atoms with Crippen molar-refractivity contribution in [2.75, 3.05) is 0 Å². The van der Waals surface area contributed by atoms with E-state index in [1.165, 1.54) is 5.56 Å². The van der Waals surface area contributed by atoms with E-state index in [9.17, 15) is 0 Å². The van der Waals surface area contributed by atoms with Gasteiger partial charge in [0.15, 0.2) is 5.58 Å². The van der Waals surface area contributed by atoms with Crippen LogP contribution in [0.5, 0.6) is 0 Å². The standard InChI is InChI=1S/C16H13NO/c1-3-12-5-4-6-13(10-12)16-17-14-9-11(2)7-8-15(14)18-16/h3-10H,1H2,2H3. The SMILES string of the molecule is C=Cc1cccc(-c2nc3cc(C)ccc3o2)c1. The number of hydrogen-bond donors (Lipinski definition) is 0. The van der Waals surface area contributed by atoms with Crippen molar-refractivity contribution >= 4 is 17.2 Å². The van der Waals surface area contributed by atoms with Crippen LogP contribution in [0.15, 0.2) is 53.5 Å². The lowest BCUT2D eigenvalue weighted by molar-refractivity contribution is 0.620. The smallest absolute Gasteiger partial charge is 0.227 e. The average molecular weight is 235 g/mol. The van der Waals surface area contributed by atoms with Gasteiger partial charge in [0.25, 0.3) is 0 Å². The summed E-state index contributed by atoms with van der Waals surface area (Å²) in [6, 6.07) is 14.0. The molecule has 1 aromatic heterocycles. The van der Waals surface area contributed by atoms with Gasteiger partial charge in [-0.2, -0.15) is 0 Å². The molecule has 0 bridgehead atoms. The molecule has 0 N–H and O–H groups in total. The fraction of sp³-hybridized carbons (Fsp3) is 0.0625. The third kappa shape index (κ3) is 1.82. The highest BCUT2D eigenvalue weighted by Crippen LogP contribution is 2.25. The molecule has 0 amide bonds. The summed E-state index contributed by atoms with van der Waals surface area (Å²) in [5.74, 6) is 0.652. The van der Waals surface area contributed by atoms with Gasteiger partial charge >= 0.3 is 0 Å². The molecule has 2 nitrogen and oxygen atoms in total. The maximum atomic E-state index is 5.76. The number of aryl methyl sites for hydroxylation is 1. The van der Waals surface area contributed by atoms with Gasteiger partial charge in [0.05, 0.1) is 0 Å². The lowest BCUT2D eigenvalue weighted by Gasteiger charge is -1.96. The van der Waals surface area contributed by atoms with Gasteiger partial charge in [0.1, 0.15) is 5.52 Å². The Labute approximate surface area is 106 Å². The van der Waals surface area contributed by atoms with Gasteiger partial charge in [-0.3, -0.25) is 0 Å². The lowest BCUT2D eigenvalue weighted by atomic mass is 10.1. The summed E-state index contributed by atoms with van der Waals surface area (Å²) in [5, 5.41) is 0. The van der Waals surface area contributed by atoms with Crippen molar-refractivity contribution in [2.45, 2.75) is 6.92 Å². The Morgan fingerprint density at radius 3 is 2.89 bits per heavy atom. The van der Waals surface area contributed by atoms with Gasteiger partial charge in [0.2, 0.25) is 5.89 Å². The Hall–Kier alpha value is -2.35. The molecule has 0 unspecified atom stereocenters. The van der Waals surface area contributed by atoms with Gasteiger partial charge in [-0.15, -0.1) is 0 Å². The number of rotatable bonds is 2. The van der Waals surface area contributed by atoms with Crippen LogP contribution in [0.25, 0.3) is 28.6 Å². The molecule has 1 heterocycles. The van der Waals surface area contributed by atoms with E-state index in [4.69, 9.17) is 4.42 Å². The van der Waals surface area contributed by atoms with Crippen molar-refractivity contribution in [3.8, 4) is 11.5 Å². The Morgan fingerprint density at radius 2 is 2.06 bits per heavy atom. The van der Waals surface area contributed by atoms with Crippen LogP contribution in [0.3, 0.4) is 0 Å². The molecule has 2 heteroatoms. The monoisotopic (exact) mass is 235 g/mol. The van der Waals surface area contributed by atoms with E-state index in [-0.39, 0.29) is 0 Å². The minimum Gasteiger partial charge on any atom is -0.436 e. The largest absolute Gasteiger partial charge is 0.436 e. The molecule has 0 radical (unpaired) electrons. The Kier molecular flexibility index (Phi) is 2.49. The summed E-state index contributed by atoms with van der Waals surface area (Å²) in [7, 11) is 0. The van der Waals surface area contributed by atoms with Crippen LogP contribution in [0.2, 0.25) is 0 Å². The fourth-order valence-electron chi connectivity index (χ4n) is 1.96. The van der Waals surface area contributed by atoms with Crippen molar-refractivity contribution in [3.05, 3.63) is 60.2 Å². The number of oxazole rings is 1. The number of nitrogens with zero attached hydrogens (tertiary/aromatic N) is 1. The predicted octanol–water partition coefficient (Wildman–Crippen LogP) is 4.45. The highest BCUT2D eigenvalue weighted by atomic mass is 16.3. The molecule has 0 aliphatic carbocycles. The molecule has 0 saturated heterocycles. The summed E-state index contributed by atoms with van der Waals surface area (Å²) in [6.07, 6.45) is 1.82. The lowest BCUT2D eigenvalue weighted by Crippen LogP contribution is -1.78. The summed E-state index contributed by atoms with van der Waals surface area (Å²) in [5.41, 5.74) is 4.93. The third-order valence-corrected chi connectivity index (χ3v) is 2.91. The highest BCUT2D eigenvalue weighted by molar-refractivity contribution is 5.77. The third-order valence-electron chi connectivity index (χ3n) is 2.91. The molecule has 0 aliphatic rings. The molecule has 0 fully saturated rings. The quantitative estimate of drug-likeness (QED) is 0.656. The maximum absolute atomic E-state index is 5.76. The second kappa shape index (κ2) is 4.15. The van der Waals surface area contributed by atoms with E-state index in [1.807, 2.05) is 55.5 Å². The van der Waals surface area contributed by atoms with Gasteiger partial charge in [-0.25, -0.2) is 4.98 Å². The zero-order chi connectivity index (χ0) is 12.5. The molecule has 2 aromatic carbocycles. The molecule has 0 atom stereocenters. The van der Waals surface area contributed by atoms with E-state index in [0.717, 1.165) is 22.2 Å². The summed E-state index contributed by atoms with van der Waals surface area (Å²) >= 11 is 0. The van der Waals surface area contributed by atoms with Gasteiger partial charge in [-0.05, 0) is 42.3 Å². The minimum absolute atomic E-state index is 0.652. The second-order valence-electron chi connectivity index (χ2n) is 4.32. The van der Waals surface area contributed by atoms with Crippen LogP contribution in [-0.4, -0.2) is 4.98 Å². The summed E-state index contributed by atoms with van der Waals surface area (Å²) in [6.45, 7) is 5.82. The first kappa shape index (κ1) is 10.8. The zero-order valence-corrected chi connectivity index (χ0v) is 10.2. The molecule has 0 aliphatic heterocycles. The first-order valence-electron chi connectivity index (χ1n) is 5.86. The molecule has 0 spiro atoms. The van der Waals surface area contributed by atoms with Crippen LogP contribution in [0.1, 0.15) is 11.1 Å². The van der Waals surface area contributed by atoms with Crippen LogP contribution in [0, 0.1) is 6.92 Å². The van der Waals surface area contributed by atoms with Crippen LogP contribution in [-0.2, 0) is 0 Å². The average Bonchev–Trinajstić information content (AvgIpc) is 2.81.